The molecular formula is C28H38N9O+. The molecule has 1 aliphatic rings. The van der Waals surface area contributed by atoms with Crippen molar-refractivity contribution in [2.75, 3.05) is 58.3 Å². The smallest absolute Gasteiger partial charge is 0.233 e. The van der Waals surface area contributed by atoms with Crippen LogP contribution in [-0.2, 0) is 13.1 Å². The zero-order valence-electron chi connectivity index (χ0n) is 22.4. The van der Waals surface area contributed by atoms with Crippen molar-refractivity contribution in [1.82, 2.24) is 29.7 Å². The van der Waals surface area contributed by atoms with E-state index in [0.717, 1.165) is 79.7 Å². The summed E-state index contributed by atoms with van der Waals surface area (Å²) >= 11 is 0. The van der Waals surface area contributed by atoms with Gasteiger partial charge in [0.25, 0.3) is 0 Å². The third-order valence-electron chi connectivity index (χ3n) is 7.12. The van der Waals surface area contributed by atoms with E-state index in [1.807, 2.05) is 43.0 Å². The van der Waals surface area contributed by atoms with E-state index in [4.69, 9.17) is 20.4 Å². The Labute approximate surface area is 224 Å². The van der Waals surface area contributed by atoms with Crippen molar-refractivity contribution in [2.45, 2.75) is 25.9 Å². The number of imidazole rings is 1. The molecule has 0 amide bonds. The van der Waals surface area contributed by atoms with Gasteiger partial charge in [0.15, 0.2) is 18.0 Å². The van der Waals surface area contributed by atoms with Crippen LogP contribution in [0.15, 0.2) is 55.1 Å². The quantitative estimate of drug-likeness (QED) is 0.231. The molecule has 5 heterocycles. The van der Waals surface area contributed by atoms with Crippen LogP contribution >= 0.6 is 0 Å². The Morgan fingerprint density at radius 1 is 1.03 bits per heavy atom. The van der Waals surface area contributed by atoms with Gasteiger partial charge in [-0.2, -0.15) is 4.57 Å². The second-order valence-electron chi connectivity index (χ2n) is 9.82. The first-order chi connectivity index (χ1) is 18.6. The van der Waals surface area contributed by atoms with E-state index in [1.165, 1.54) is 5.69 Å². The summed E-state index contributed by atoms with van der Waals surface area (Å²) in [7, 11) is 3.85. The lowest BCUT2D eigenvalue weighted by Gasteiger charge is -2.34. The highest BCUT2D eigenvalue weighted by Gasteiger charge is 2.21. The number of pyridine rings is 3. The lowest BCUT2D eigenvalue weighted by Crippen LogP contribution is -2.44. The summed E-state index contributed by atoms with van der Waals surface area (Å²) in [4.78, 5) is 25.0. The summed E-state index contributed by atoms with van der Waals surface area (Å²) < 4.78 is 7.41. The number of hydrogen-bond donors (Lipinski definition) is 2. The minimum absolute atomic E-state index is 0.673. The highest BCUT2D eigenvalue weighted by atomic mass is 16.5. The molecule has 0 unspecified atom stereocenters. The zero-order valence-corrected chi connectivity index (χ0v) is 22.4. The Kier molecular flexibility index (Phi) is 8.42. The molecular weight excluding hydrogens is 478 g/mol. The lowest BCUT2D eigenvalue weighted by molar-refractivity contribution is -0.596. The fourth-order valence-electron chi connectivity index (χ4n) is 4.94. The van der Waals surface area contributed by atoms with Gasteiger partial charge in [-0.05, 0) is 45.1 Å². The number of piperazine rings is 1. The molecule has 1 saturated heterocycles. The summed E-state index contributed by atoms with van der Waals surface area (Å²) in [6, 6.07) is 10.1. The van der Waals surface area contributed by atoms with Crippen LogP contribution in [0.4, 0.5) is 5.69 Å². The SMILES string of the molecule is COc1cc[n+](-c2cccnc2CN(CCCCN)Cc2nc3nccc(N4CCN(C)CC4)c3[nH]2)cc1. The number of H-pyrrole nitrogens is 1. The van der Waals surface area contributed by atoms with Crippen LogP contribution in [0.5, 0.6) is 5.75 Å². The molecule has 0 aromatic carbocycles. The molecule has 3 N–H and O–H groups in total. The van der Waals surface area contributed by atoms with E-state index in [0.29, 0.717) is 19.6 Å². The number of aromatic nitrogens is 5. The maximum Gasteiger partial charge on any atom is 0.233 e. The number of anilines is 1. The standard InChI is InChI=1S/C28H38N9O/c1-34-16-18-37(19-17-34)25-7-12-31-28-27(25)32-26(33-28)21-35(13-4-3-10-29)20-23-24(6-5-11-30-23)36-14-8-22(38-2)9-15-36/h5-9,11-12,14-15H,3-4,10,13,16-21,29H2,1-2H3,(H,31,32,33)/q+1. The predicted octanol–water partition coefficient (Wildman–Crippen LogP) is 2.13. The zero-order chi connectivity index (χ0) is 26.3. The predicted molar refractivity (Wildman–Crippen MR) is 148 cm³/mol. The highest BCUT2D eigenvalue weighted by Crippen LogP contribution is 2.25. The maximum absolute atomic E-state index is 5.81. The molecule has 4 aromatic rings. The molecule has 0 spiro atoms. The van der Waals surface area contributed by atoms with Crippen molar-refractivity contribution in [3.8, 4) is 11.4 Å². The molecule has 38 heavy (non-hydrogen) atoms. The summed E-state index contributed by atoms with van der Waals surface area (Å²) in [6.45, 7) is 7.06. The van der Waals surface area contributed by atoms with Gasteiger partial charge in [-0.15, -0.1) is 0 Å². The Hall–Kier alpha value is -3.60. The first-order valence-electron chi connectivity index (χ1n) is 13.3. The van der Waals surface area contributed by atoms with Gasteiger partial charge in [-0.25, -0.2) is 9.97 Å². The van der Waals surface area contributed by atoms with Gasteiger partial charge in [0.05, 0.1) is 19.3 Å². The largest absolute Gasteiger partial charge is 0.496 e. The van der Waals surface area contributed by atoms with Gasteiger partial charge in [-0.1, -0.05) is 0 Å². The highest BCUT2D eigenvalue weighted by molar-refractivity contribution is 5.86. The monoisotopic (exact) mass is 516 g/mol. The molecule has 1 aliphatic heterocycles. The number of unbranched alkanes of at least 4 members (excludes halogenated alkanes) is 1. The number of methoxy groups -OCH3 is 1. The second-order valence-corrected chi connectivity index (χ2v) is 9.82. The molecule has 10 heteroatoms. The Morgan fingerprint density at radius 3 is 2.61 bits per heavy atom. The topological polar surface area (TPSA) is 103 Å². The normalized spacial score (nSPS) is 14.5. The van der Waals surface area contributed by atoms with Crippen LogP contribution in [0, 0.1) is 0 Å². The number of fused-ring (bicyclic) bond motifs is 1. The molecule has 5 rings (SSSR count). The molecule has 0 aliphatic carbocycles. The van der Waals surface area contributed by atoms with E-state index in [9.17, 15) is 0 Å². The van der Waals surface area contributed by atoms with E-state index in [2.05, 4.69) is 48.4 Å². The van der Waals surface area contributed by atoms with E-state index in [-0.39, 0.29) is 0 Å². The Bertz CT molecular complexity index is 1320. The van der Waals surface area contributed by atoms with E-state index >= 15 is 0 Å². The average Bonchev–Trinajstić information content (AvgIpc) is 3.37. The van der Waals surface area contributed by atoms with Gasteiger partial charge < -0.3 is 25.3 Å². The summed E-state index contributed by atoms with van der Waals surface area (Å²) in [5.41, 5.74) is 10.8. The van der Waals surface area contributed by atoms with Crippen LogP contribution in [0.1, 0.15) is 24.4 Å². The minimum atomic E-state index is 0.673. The van der Waals surface area contributed by atoms with Crippen LogP contribution in [0.2, 0.25) is 0 Å². The number of nitrogens with zero attached hydrogens (tertiary/aromatic N) is 7. The van der Waals surface area contributed by atoms with E-state index < -0.39 is 0 Å². The van der Waals surface area contributed by atoms with Crippen molar-refractivity contribution in [3.63, 3.8) is 0 Å². The number of hydrogen-bond acceptors (Lipinski definition) is 8. The van der Waals surface area contributed by atoms with Crippen molar-refractivity contribution < 1.29 is 9.30 Å². The fraction of sp³-hybridized carbons (Fsp3) is 0.429. The maximum atomic E-state index is 5.81. The second kappa shape index (κ2) is 12.3. The molecule has 0 saturated carbocycles. The number of likely N-dealkylation sites (N-methyl/N-ethyl adjacent to an activating group) is 1. The van der Waals surface area contributed by atoms with Crippen LogP contribution < -0.4 is 19.9 Å². The molecule has 0 radical (unpaired) electrons. The van der Waals surface area contributed by atoms with Crippen molar-refractivity contribution >= 4 is 16.9 Å². The van der Waals surface area contributed by atoms with E-state index in [1.54, 1.807) is 7.11 Å². The molecule has 1 fully saturated rings. The van der Waals surface area contributed by atoms with Crippen molar-refractivity contribution in [2.24, 2.45) is 5.73 Å². The first kappa shape index (κ1) is 26.0. The molecule has 10 nitrogen and oxygen atoms in total. The van der Waals surface area contributed by atoms with Gasteiger partial charge in [0.1, 0.15) is 22.8 Å². The number of rotatable bonds is 11. The molecule has 4 aromatic heterocycles. The minimum Gasteiger partial charge on any atom is -0.496 e. The fourth-order valence-corrected chi connectivity index (χ4v) is 4.94. The number of nitrogens with one attached hydrogen (secondary N) is 1. The van der Waals surface area contributed by atoms with Crippen LogP contribution in [0.3, 0.4) is 0 Å². The third kappa shape index (κ3) is 6.09. The summed E-state index contributed by atoms with van der Waals surface area (Å²) in [5, 5.41) is 0. The van der Waals surface area contributed by atoms with Crippen LogP contribution in [0.25, 0.3) is 16.9 Å². The van der Waals surface area contributed by atoms with Gasteiger partial charge in [0, 0.05) is 63.3 Å². The van der Waals surface area contributed by atoms with Gasteiger partial charge in [-0.3, -0.25) is 9.88 Å². The lowest BCUT2D eigenvalue weighted by atomic mass is 10.2. The van der Waals surface area contributed by atoms with Crippen molar-refractivity contribution in [1.29, 1.82) is 0 Å². The number of ether oxygens (including phenoxy) is 1. The third-order valence-corrected chi connectivity index (χ3v) is 7.12. The number of aromatic amines is 1. The van der Waals surface area contributed by atoms with Crippen molar-refractivity contribution in [3.05, 3.63) is 66.6 Å². The Balaban J connectivity index is 1.39. The molecule has 0 atom stereocenters. The molecule has 200 valence electrons. The van der Waals surface area contributed by atoms with Gasteiger partial charge in [0.2, 0.25) is 5.69 Å². The van der Waals surface area contributed by atoms with Gasteiger partial charge >= 0.3 is 0 Å². The summed E-state index contributed by atoms with van der Waals surface area (Å²) in [5.74, 6) is 1.74. The van der Waals surface area contributed by atoms with Crippen LogP contribution in [-0.4, -0.2) is 83.2 Å². The first-order valence-corrected chi connectivity index (χ1v) is 13.3. The molecule has 0 bridgehead atoms. The Morgan fingerprint density at radius 2 is 1.84 bits per heavy atom. The summed E-state index contributed by atoms with van der Waals surface area (Å²) in [6.07, 6.45) is 9.72. The average molecular weight is 517 g/mol. The number of nitrogens with two attached hydrogens (primary N) is 1.